The molecular formula is C14H13F3N4O. The molecule has 0 spiro atoms. The van der Waals surface area contributed by atoms with E-state index < -0.39 is 11.7 Å². The van der Waals surface area contributed by atoms with Crippen molar-refractivity contribution in [3.05, 3.63) is 47.8 Å². The van der Waals surface area contributed by atoms with Crippen molar-refractivity contribution in [3.8, 4) is 0 Å². The molecule has 2 heterocycles. The number of benzene rings is 1. The molecule has 1 fully saturated rings. The first-order chi connectivity index (χ1) is 10.4. The van der Waals surface area contributed by atoms with E-state index in [-0.39, 0.29) is 17.5 Å². The van der Waals surface area contributed by atoms with Crippen LogP contribution in [0.3, 0.4) is 0 Å². The van der Waals surface area contributed by atoms with Crippen molar-refractivity contribution in [1.29, 1.82) is 0 Å². The zero-order valence-corrected chi connectivity index (χ0v) is 11.5. The van der Waals surface area contributed by atoms with Crippen molar-refractivity contribution >= 4 is 5.91 Å². The van der Waals surface area contributed by atoms with Crippen LogP contribution in [0.4, 0.5) is 13.2 Å². The number of halogens is 3. The van der Waals surface area contributed by atoms with Crippen LogP contribution in [0.25, 0.3) is 0 Å². The maximum atomic E-state index is 12.5. The van der Waals surface area contributed by atoms with E-state index in [9.17, 15) is 18.0 Å². The molecule has 3 rings (SSSR count). The van der Waals surface area contributed by atoms with Gasteiger partial charge in [0.25, 0.3) is 5.91 Å². The van der Waals surface area contributed by atoms with E-state index in [0.29, 0.717) is 13.1 Å². The molecule has 1 aromatic heterocycles. The van der Waals surface area contributed by atoms with E-state index in [2.05, 4.69) is 10.3 Å². The van der Waals surface area contributed by atoms with Gasteiger partial charge in [0.05, 0.1) is 17.8 Å². The molecule has 0 bridgehead atoms. The number of rotatable bonds is 2. The standard InChI is InChI=1S/C14H13F3N4O/c15-14(16,17)11-3-1-10(2-4-11)13(22)20-7-5-12(9-20)21-8-6-18-19-21/h1-4,6,8,12H,5,7,9H2. The van der Waals surface area contributed by atoms with Crippen LogP contribution in [0.5, 0.6) is 0 Å². The van der Waals surface area contributed by atoms with Crippen LogP contribution in [0, 0.1) is 0 Å². The second kappa shape index (κ2) is 5.43. The second-order valence-electron chi connectivity index (χ2n) is 5.15. The Morgan fingerprint density at radius 2 is 1.95 bits per heavy atom. The normalized spacial score (nSPS) is 18.7. The number of hydrogen-bond acceptors (Lipinski definition) is 3. The molecule has 1 saturated heterocycles. The highest BCUT2D eigenvalue weighted by molar-refractivity contribution is 5.94. The van der Waals surface area contributed by atoms with Crippen LogP contribution in [0.1, 0.15) is 28.4 Å². The Kier molecular flexibility index (Phi) is 3.59. The van der Waals surface area contributed by atoms with E-state index in [4.69, 9.17) is 0 Å². The molecule has 0 aliphatic carbocycles. The molecule has 8 heteroatoms. The third-order valence-electron chi connectivity index (χ3n) is 3.72. The van der Waals surface area contributed by atoms with Gasteiger partial charge in [-0.2, -0.15) is 13.2 Å². The Balaban J connectivity index is 1.70. The maximum Gasteiger partial charge on any atom is 0.416 e. The molecule has 1 aliphatic heterocycles. The fourth-order valence-electron chi connectivity index (χ4n) is 2.54. The van der Waals surface area contributed by atoms with E-state index in [0.717, 1.165) is 18.6 Å². The molecule has 1 unspecified atom stereocenters. The van der Waals surface area contributed by atoms with Gasteiger partial charge in [0.15, 0.2) is 0 Å². The first kappa shape index (κ1) is 14.6. The summed E-state index contributed by atoms with van der Waals surface area (Å²) in [7, 11) is 0. The van der Waals surface area contributed by atoms with Gasteiger partial charge in [-0.15, -0.1) is 5.10 Å². The third kappa shape index (κ3) is 2.81. The molecule has 0 radical (unpaired) electrons. The van der Waals surface area contributed by atoms with E-state index in [1.54, 1.807) is 22.0 Å². The van der Waals surface area contributed by atoms with Crippen LogP contribution in [-0.2, 0) is 6.18 Å². The fraction of sp³-hybridized carbons (Fsp3) is 0.357. The van der Waals surface area contributed by atoms with Crippen molar-refractivity contribution in [1.82, 2.24) is 19.9 Å². The van der Waals surface area contributed by atoms with Gasteiger partial charge in [-0.1, -0.05) is 5.21 Å². The molecule has 0 N–H and O–H groups in total. The SMILES string of the molecule is O=C(c1ccc(C(F)(F)F)cc1)N1CCC(n2ccnn2)C1. The van der Waals surface area contributed by atoms with Gasteiger partial charge in [0, 0.05) is 24.8 Å². The summed E-state index contributed by atoms with van der Waals surface area (Å²) in [5, 5.41) is 7.64. The summed E-state index contributed by atoms with van der Waals surface area (Å²) in [5.74, 6) is -0.267. The minimum absolute atomic E-state index is 0.0564. The Bertz CT molecular complexity index is 652. The average Bonchev–Trinajstić information content (AvgIpc) is 3.16. The summed E-state index contributed by atoms with van der Waals surface area (Å²) in [6, 6.07) is 4.35. The number of hydrogen-bond donors (Lipinski definition) is 0. The maximum absolute atomic E-state index is 12.5. The lowest BCUT2D eigenvalue weighted by Crippen LogP contribution is -2.29. The molecule has 0 saturated carbocycles. The predicted molar refractivity (Wildman–Crippen MR) is 71.0 cm³/mol. The zero-order chi connectivity index (χ0) is 15.7. The minimum Gasteiger partial charge on any atom is -0.336 e. The lowest BCUT2D eigenvalue weighted by Gasteiger charge is -2.17. The Hall–Kier alpha value is -2.38. The fourth-order valence-corrected chi connectivity index (χ4v) is 2.54. The van der Waals surface area contributed by atoms with Crippen LogP contribution < -0.4 is 0 Å². The number of carbonyl (C=O) groups excluding carboxylic acids is 1. The van der Waals surface area contributed by atoms with Gasteiger partial charge in [-0.25, -0.2) is 4.68 Å². The average molecular weight is 310 g/mol. The van der Waals surface area contributed by atoms with Crippen LogP contribution >= 0.6 is 0 Å². The largest absolute Gasteiger partial charge is 0.416 e. The molecular weight excluding hydrogens is 297 g/mol. The molecule has 2 aromatic rings. The molecule has 1 aliphatic rings. The summed E-state index contributed by atoms with van der Waals surface area (Å²) in [5.41, 5.74) is -0.502. The van der Waals surface area contributed by atoms with Crippen molar-refractivity contribution in [2.45, 2.75) is 18.6 Å². The van der Waals surface area contributed by atoms with Gasteiger partial charge in [-0.05, 0) is 30.7 Å². The molecule has 22 heavy (non-hydrogen) atoms. The minimum atomic E-state index is -4.40. The molecule has 1 aromatic carbocycles. The van der Waals surface area contributed by atoms with Crippen LogP contribution in [0.2, 0.25) is 0 Å². The predicted octanol–water partition coefficient (Wildman–Crippen LogP) is 2.38. The number of amides is 1. The summed E-state index contributed by atoms with van der Waals surface area (Å²) >= 11 is 0. The van der Waals surface area contributed by atoms with Gasteiger partial charge >= 0.3 is 6.18 Å². The highest BCUT2D eigenvalue weighted by Gasteiger charge is 2.31. The van der Waals surface area contributed by atoms with E-state index in [1.807, 2.05) is 0 Å². The summed E-state index contributed by atoms with van der Waals surface area (Å²) in [6.45, 7) is 1.02. The number of aromatic nitrogens is 3. The smallest absolute Gasteiger partial charge is 0.336 e. The summed E-state index contributed by atoms with van der Waals surface area (Å²) in [4.78, 5) is 13.9. The van der Waals surface area contributed by atoms with E-state index >= 15 is 0 Å². The van der Waals surface area contributed by atoms with Gasteiger partial charge in [0.1, 0.15) is 0 Å². The number of alkyl halides is 3. The van der Waals surface area contributed by atoms with E-state index in [1.165, 1.54) is 12.1 Å². The number of nitrogens with zero attached hydrogens (tertiary/aromatic N) is 4. The monoisotopic (exact) mass is 310 g/mol. The second-order valence-corrected chi connectivity index (χ2v) is 5.15. The zero-order valence-electron chi connectivity index (χ0n) is 11.5. The first-order valence-corrected chi connectivity index (χ1v) is 6.77. The molecule has 116 valence electrons. The third-order valence-corrected chi connectivity index (χ3v) is 3.72. The summed E-state index contributed by atoms with van der Waals surface area (Å²) in [6.07, 6.45) is -0.347. The van der Waals surface area contributed by atoms with Crippen molar-refractivity contribution in [2.24, 2.45) is 0 Å². The summed E-state index contributed by atoms with van der Waals surface area (Å²) < 4.78 is 39.3. The molecule has 5 nitrogen and oxygen atoms in total. The highest BCUT2D eigenvalue weighted by Crippen LogP contribution is 2.29. The van der Waals surface area contributed by atoms with Crippen LogP contribution in [0.15, 0.2) is 36.7 Å². The van der Waals surface area contributed by atoms with Crippen molar-refractivity contribution in [2.75, 3.05) is 13.1 Å². The molecule has 1 atom stereocenters. The lowest BCUT2D eigenvalue weighted by molar-refractivity contribution is -0.137. The number of carbonyl (C=O) groups is 1. The topological polar surface area (TPSA) is 51.0 Å². The number of likely N-dealkylation sites (tertiary alicyclic amines) is 1. The lowest BCUT2D eigenvalue weighted by atomic mass is 10.1. The van der Waals surface area contributed by atoms with Gasteiger partial charge in [0.2, 0.25) is 0 Å². The first-order valence-electron chi connectivity index (χ1n) is 6.77. The van der Waals surface area contributed by atoms with Gasteiger partial charge in [-0.3, -0.25) is 4.79 Å². The Morgan fingerprint density at radius 1 is 1.23 bits per heavy atom. The van der Waals surface area contributed by atoms with Crippen LogP contribution in [-0.4, -0.2) is 38.9 Å². The quantitative estimate of drug-likeness (QED) is 0.856. The highest BCUT2D eigenvalue weighted by atomic mass is 19.4. The Labute approximate surface area is 124 Å². The Morgan fingerprint density at radius 3 is 2.55 bits per heavy atom. The van der Waals surface area contributed by atoms with Gasteiger partial charge < -0.3 is 4.90 Å². The molecule has 1 amide bonds. The van der Waals surface area contributed by atoms with Crippen molar-refractivity contribution in [3.63, 3.8) is 0 Å². The van der Waals surface area contributed by atoms with Crippen molar-refractivity contribution < 1.29 is 18.0 Å².